The average molecular weight is 366 g/mol. The van der Waals surface area contributed by atoms with E-state index in [1.54, 1.807) is 48.5 Å². The highest BCUT2D eigenvalue weighted by Gasteiger charge is 2.09. The van der Waals surface area contributed by atoms with Crippen molar-refractivity contribution in [2.75, 3.05) is 5.32 Å². The highest BCUT2D eigenvalue weighted by Crippen LogP contribution is 2.28. The Hall–Kier alpha value is -3.10. The highest BCUT2D eigenvalue weighted by atomic mass is 35.5. The van der Waals surface area contributed by atoms with Gasteiger partial charge in [0.15, 0.2) is 0 Å². The van der Waals surface area contributed by atoms with Gasteiger partial charge in [-0.25, -0.2) is 4.98 Å². The molecule has 5 nitrogen and oxygen atoms in total. The van der Waals surface area contributed by atoms with Crippen molar-refractivity contribution in [1.29, 1.82) is 5.26 Å². The first-order valence-corrected chi connectivity index (χ1v) is 8.43. The van der Waals surface area contributed by atoms with Crippen molar-refractivity contribution in [3.8, 4) is 17.7 Å². The summed E-state index contributed by atoms with van der Waals surface area (Å²) in [5.41, 5.74) is 1.76. The predicted octanol–water partition coefficient (Wildman–Crippen LogP) is 5.15. The number of anilines is 1. The van der Waals surface area contributed by atoms with E-state index < -0.39 is 0 Å². The van der Waals surface area contributed by atoms with Gasteiger partial charge in [0.25, 0.3) is 0 Å². The molecule has 0 saturated carbocycles. The molecule has 0 atom stereocenters. The van der Waals surface area contributed by atoms with Crippen LogP contribution in [0.3, 0.4) is 0 Å². The lowest BCUT2D eigenvalue weighted by molar-refractivity contribution is -0.118. The Morgan fingerprint density at radius 1 is 1.19 bits per heavy atom. The van der Waals surface area contributed by atoms with Crippen molar-refractivity contribution in [3.63, 3.8) is 0 Å². The first-order chi connectivity index (χ1) is 12.5. The Morgan fingerprint density at radius 2 is 1.92 bits per heavy atom. The molecule has 1 aromatic heterocycles. The monoisotopic (exact) mass is 365 g/mol. The molecule has 0 spiro atoms. The number of halogens is 1. The van der Waals surface area contributed by atoms with Crippen LogP contribution < -0.4 is 10.1 Å². The molecule has 0 aliphatic carbocycles. The van der Waals surface area contributed by atoms with Gasteiger partial charge in [0.05, 0.1) is 11.1 Å². The van der Waals surface area contributed by atoms with Gasteiger partial charge in [-0.15, -0.1) is 0 Å². The van der Waals surface area contributed by atoms with Gasteiger partial charge in [0.1, 0.15) is 11.8 Å². The van der Waals surface area contributed by atoms with E-state index in [1.165, 1.54) is 0 Å². The summed E-state index contributed by atoms with van der Waals surface area (Å²) in [7, 11) is 0. The molecule has 130 valence electrons. The maximum Gasteiger partial charge on any atom is 0.226 e. The second-order valence-electron chi connectivity index (χ2n) is 6.05. The summed E-state index contributed by atoms with van der Waals surface area (Å²) in [5, 5.41) is 13.4. The van der Waals surface area contributed by atoms with Gasteiger partial charge in [-0.1, -0.05) is 25.4 Å². The van der Waals surface area contributed by atoms with Crippen LogP contribution in [-0.4, -0.2) is 10.9 Å². The van der Waals surface area contributed by atoms with Crippen LogP contribution in [0.1, 0.15) is 19.4 Å². The molecule has 0 saturated heterocycles. The molecule has 2 aromatic carbocycles. The molecule has 0 aliphatic heterocycles. The normalized spacial score (nSPS) is 10.6. The van der Waals surface area contributed by atoms with E-state index in [1.807, 2.05) is 13.8 Å². The smallest absolute Gasteiger partial charge is 0.226 e. The van der Waals surface area contributed by atoms with E-state index in [0.29, 0.717) is 38.8 Å². The largest absolute Gasteiger partial charge is 0.439 e. The van der Waals surface area contributed by atoms with Crippen LogP contribution >= 0.6 is 11.6 Å². The fourth-order valence-electron chi connectivity index (χ4n) is 2.33. The number of nitriles is 1. The molecular formula is C20H16ClN3O2. The Labute approximate surface area is 156 Å². The molecule has 0 bridgehead atoms. The second-order valence-corrected chi connectivity index (χ2v) is 6.49. The molecule has 3 aromatic rings. The zero-order valence-electron chi connectivity index (χ0n) is 14.3. The molecular weight excluding hydrogens is 350 g/mol. The van der Waals surface area contributed by atoms with Gasteiger partial charge < -0.3 is 10.1 Å². The van der Waals surface area contributed by atoms with Gasteiger partial charge in [0, 0.05) is 28.1 Å². The number of amides is 1. The molecule has 1 amide bonds. The van der Waals surface area contributed by atoms with Crippen molar-refractivity contribution < 1.29 is 9.53 Å². The summed E-state index contributed by atoms with van der Waals surface area (Å²) in [6.07, 6.45) is 0. The van der Waals surface area contributed by atoms with Crippen LogP contribution in [0.2, 0.25) is 5.02 Å². The number of carbonyl (C=O) groups excluding carboxylic acids is 1. The number of nitrogens with one attached hydrogen (secondary N) is 1. The van der Waals surface area contributed by atoms with Crippen LogP contribution in [0, 0.1) is 17.2 Å². The minimum absolute atomic E-state index is 0.0489. The summed E-state index contributed by atoms with van der Waals surface area (Å²) >= 11 is 5.99. The molecule has 0 fully saturated rings. The maximum atomic E-state index is 11.7. The molecule has 6 heteroatoms. The van der Waals surface area contributed by atoms with Gasteiger partial charge in [-0.3, -0.25) is 4.79 Å². The zero-order chi connectivity index (χ0) is 18.7. The Balaban J connectivity index is 1.84. The summed E-state index contributed by atoms with van der Waals surface area (Å²) in [6, 6.07) is 15.9. The predicted molar refractivity (Wildman–Crippen MR) is 101 cm³/mol. The molecule has 0 aliphatic rings. The topological polar surface area (TPSA) is 75.0 Å². The van der Waals surface area contributed by atoms with E-state index in [2.05, 4.69) is 16.4 Å². The minimum atomic E-state index is -0.0920. The number of benzene rings is 2. The lowest BCUT2D eigenvalue weighted by Gasteiger charge is -2.10. The van der Waals surface area contributed by atoms with E-state index in [9.17, 15) is 10.1 Å². The number of pyridine rings is 1. The third-order valence-corrected chi connectivity index (χ3v) is 3.97. The van der Waals surface area contributed by atoms with E-state index >= 15 is 0 Å². The molecule has 1 N–H and O–H groups in total. The summed E-state index contributed by atoms with van der Waals surface area (Å²) < 4.78 is 5.76. The number of hydrogen-bond acceptors (Lipinski definition) is 4. The van der Waals surface area contributed by atoms with Crippen LogP contribution in [0.4, 0.5) is 5.69 Å². The van der Waals surface area contributed by atoms with Crippen LogP contribution in [0.15, 0.2) is 48.5 Å². The quantitative estimate of drug-likeness (QED) is 0.694. The van der Waals surface area contributed by atoms with Crippen LogP contribution in [0.25, 0.3) is 10.9 Å². The molecule has 26 heavy (non-hydrogen) atoms. The van der Waals surface area contributed by atoms with Crippen molar-refractivity contribution in [3.05, 3.63) is 59.1 Å². The Kier molecular flexibility index (Phi) is 5.06. The summed E-state index contributed by atoms with van der Waals surface area (Å²) in [6.45, 7) is 3.66. The molecule has 0 unspecified atom stereocenters. The highest BCUT2D eigenvalue weighted by molar-refractivity contribution is 6.31. The number of rotatable bonds is 4. The maximum absolute atomic E-state index is 11.7. The molecule has 0 radical (unpaired) electrons. The molecule has 3 rings (SSSR count). The third-order valence-electron chi connectivity index (χ3n) is 3.74. The van der Waals surface area contributed by atoms with E-state index in [0.717, 1.165) is 0 Å². The number of hydrogen-bond donors (Lipinski definition) is 1. The van der Waals surface area contributed by atoms with Gasteiger partial charge >= 0.3 is 0 Å². The summed E-state index contributed by atoms with van der Waals surface area (Å²) in [4.78, 5) is 16.1. The first-order valence-electron chi connectivity index (χ1n) is 8.05. The average Bonchev–Trinajstić information content (AvgIpc) is 2.62. The lowest BCUT2D eigenvalue weighted by Crippen LogP contribution is -2.17. The molecule has 1 heterocycles. The van der Waals surface area contributed by atoms with Gasteiger partial charge in [0.2, 0.25) is 11.8 Å². The zero-order valence-corrected chi connectivity index (χ0v) is 15.0. The fourth-order valence-corrected chi connectivity index (χ4v) is 2.50. The van der Waals surface area contributed by atoms with Gasteiger partial charge in [-0.2, -0.15) is 5.26 Å². The number of carbonyl (C=O) groups is 1. The van der Waals surface area contributed by atoms with Crippen LogP contribution in [0.5, 0.6) is 11.6 Å². The van der Waals surface area contributed by atoms with Crippen molar-refractivity contribution in [2.24, 2.45) is 5.92 Å². The van der Waals surface area contributed by atoms with Gasteiger partial charge in [-0.05, 0) is 42.5 Å². The second kappa shape index (κ2) is 7.42. The van der Waals surface area contributed by atoms with Crippen LogP contribution in [-0.2, 0) is 4.79 Å². The SMILES string of the molecule is CC(C)C(=O)Nc1ccc(Oc2cc(C#N)c3cc(Cl)ccc3n2)cc1. The van der Waals surface area contributed by atoms with Crippen molar-refractivity contribution >= 4 is 34.1 Å². The van der Waals surface area contributed by atoms with E-state index in [4.69, 9.17) is 16.3 Å². The number of fused-ring (bicyclic) bond motifs is 1. The van der Waals surface area contributed by atoms with Crippen molar-refractivity contribution in [2.45, 2.75) is 13.8 Å². The van der Waals surface area contributed by atoms with E-state index in [-0.39, 0.29) is 11.8 Å². The summed E-state index contributed by atoms with van der Waals surface area (Å²) in [5.74, 6) is 0.727. The minimum Gasteiger partial charge on any atom is -0.439 e. The third kappa shape index (κ3) is 3.93. The lowest BCUT2D eigenvalue weighted by atomic mass is 10.1. The first kappa shape index (κ1) is 17.7. The number of aromatic nitrogens is 1. The van der Waals surface area contributed by atoms with Crippen molar-refractivity contribution in [1.82, 2.24) is 4.98 Å². The standard InChI is InChI=1S/C20H16ClN3O2/c1-12(2)20(25)23-15-4-6-16(7-5-15)26-19-9-13(11-22)17-10-14(21)3-8-18(17)24-19/h3-10,12H,1-2H3,(H,23,25). The fraction of sp³-hybridized carbons (Fsp3) is 0.150. The Bertz CT molecular complexity index is 1010. The number of nitrogens with zero attached hydrogens (tertiary/aromatic N) is 2. The number of ether oxygens (including phenoxy) is 1. The Morgan fingerprint density at radius 3 is 2.58 bits per heavy atom.